The van der Waals surface area contributed by atoms with Crippen molar-refractivity contribution in [1.82, 2.24) is 9.55 Å². The summed E-state index contributed by atoms with van der Waals surface area (Å²) in [5.74, 6) is -1.64. The first kappa shape index (κ1) is 17.5. The lowest BCUT2D eigenvalue weighted by molar-refractivity contribution is 0.0695. The smallest absolute Gasteiger partial charge is 0.341 e. The average molecular weight is 369 g/mol. The van der Waals surface area contributed by atoms with Crippen molar-refractivity contribution in [1.29, 1.82) is 0 Å². The maximum absolute atomic E-state index is 14.8. The van der Waals surface area contributed by atoms with Crippen LogP contribution in [-0.4, -0.2) is 33.7 Å². The second-order valence-corrected chi connectivity index (χ2v) is 7.05. The average Bonchev–Trinajstić information content (AvgIpc) is 2.92. The number of anilines is 1. The molecule has 7 heteroatoms. The molecule has 0 unspecified atom stereocenters. The highest BCUT2D eigenvalue weighted by Crippen LogP contribution is 2.28. The van der Waals surface area contributed by atoms with E-state index in [-0.39, 0.29) is 16.8 Å². The number of aromatic nitrogens is 2. The van der Waals surface area contributed by atoms with Crippen LogP contribution < -0.4 is 10.3 Å². The Morgan fingerprint density at radius 2 is 1.85 bits per heavy atom. The topological polar surface area (TPSA) is 75.4 Å². The molecule has 1 aliphatic rings. The van der Waals surface area contributed by atoms with Gasteiger partial charge < -0.3 is 14.6 Å². The van der Waals surface area contributed by atoms with Crippen LogP contribution in [-0.2, 0) is 7.05 Å². The fourth-order valence-electron chi connectivity index (χ4n) is 3.77. The molecule has 1 N–H and O–H groups in total. The van der Waals surface area contributed by atoms with Gasteiger partial charge in [0.2, 0.25) is 5.43 Å². The van der Waals surface area contributed by atoms with Gasteiger partial charge in [-0.1, -0.05) is 12.8 Å². The van der Waals surface area contributed by atoms with Crippen LogP contribution in [0.3, 0.4) is 0 Å². The van der Waals surface area contributed by atoms with Gasteiger partial charge in [0.15, 0.2) is 0 Å². The lowest BCUT2D eigenvalue weighted by Gasteiger charge is -2.23. The van der Waals surface area contributed by atoms with Crippen molar-refractivity contribution in [2.45, 2.75) is 25.7 Å². The number of hydrogen-bond acceptors (Lipinski definition) is 4. The fraction of sp³-hybridized carbons (Fsp3) is 0.350. The fourth-order valence-corrected chi connectivity index (χ4v) is 3.77. The molecule has 3 heterocycles. The van der Waals surface area contributed by atoms with Crippen molar-refractivity contribution in [3.63, 3.8) is 0 Å². The minimum atomic E-state index is -1.29. The standard InChI is InChI=1S/C20H20FN3O3/c1-23-11-14(20(26)27)18(25)13-8-12-9-15(21)17(10-16(12)22-19(13)23)24-6-4-2-3-5-7-24/h8-11H,2-7H2,1H3,(H,26,27). The number of fused-ring (bicyclic) bond motifs is 2. The van der Waals surface area contributed by atoms with Crippen molar-refractivity contribution >= 4 is 33.6 Å². The molecule has 2 aromatic heterocycles. The van der Waals surface area contributed by atoms with Crippen LogP contribution in [0.15, 0.2) is 29.2 Å². The van der Waals surface area contributed by atoms with Gasteiger partial charge in [0, 0.05) is 31.7 Å². The maximum Gasteiger partial charge on any atom is 0.341 e. The van der Waals surface area contributed by atoms with Crippen molar-refractivity contribution in [3.8, 4) is 0 Å². The molecule has 0 amide bonds. The Morgan fingerprint density at radius 1 is 1.15 bits per heavy atom. The van der Waals surface area contributed by atoms with Crippen molar-refractivity contribution < 1.29 is 14.3 Å². The van der Waals surface area contributed by atoms with Gasteiger partial charge in [0.05, 0.1) is 16.6 Å². The number of pyridine rings is 2. The lowest BCUT2D eigenvalue weighted by Crippen LogP contribution is -2.25. The summed E-state index contributed by atoms with van der Waals surface area (Å²) < 4.78 is 16.3. The molecule has 0 bridgehead atoms. The zero-order valence-electron chi connectivity index (χ0n) is 15.0. The summed E-state index contributed by atoms with van der Waals surface area (Å²) >= 11 is 0. The van der Waals surface area contributed by atoms with Crippen molar-refractivity contribution in [2.75, 3.05) is 18.0 Å². The second kappa shape index (κ2) is 6.64. The van der Waals surface area contributed by atoms with E-state index < -0.39 is 11.4 Å². The quantitative estimate of drug-likeness (QED) is 0.702. The summed E-state index contributed by atoms with van der Waals surface area (Å²) in [6, 6.07) is 4.64. The minimum Gasteiger partial charge on any atom is -0.477 e. The molecule has 140 valence electrons. The third-order valence-corrected chi connectivity index (χ3v) is 5.19. The molecule has 3 aromatic rings. The highest BCUT2D eigenvalue weighted by Gasteiger charge is 2.18. The normalized spacial score (nSPS) is 15.3. The van der Waals surface area contributed by atoms with Crippen LogP contribution >= 0.6 is 0 Å². The van der Waals surface area contributed by atoms with E-state index >= 15 is 0 Å². The van der Waals surface area contributed by atoms with Crippen LogP contribution in [0.2, 0.25) is 0 Å². The monoisotopic (exact) mass is 369 g/mol. The number of benzene rings is 1. The highest BCUT2D eigenvalue weighted by atomic mass is 19.1. The summed E-state index contributed by atoms with van der Waals surface area (Å²) in [4.78, 5) is 30.3. The zero-order chi connectivity index (χ0) is 19.1. The number of halogens is 1. The Hall–Kier alpha value is -2.96. The number of nitrogens with zero attached hydrogens (tertiary/aromatic N) is 3. The van der Waals surface area contributed by atoms with Gasteiger partial charge in [0.1, 0.15) is 17.0 Å². The summed E-state index contributed by atoms with van der Waals surface area (Å²) in [5, 5.41) is 9.87. The molecule has 0 spiro atoms. The lowest BCUT2D eigenvalue weighted by atomic mass is 10.1. The summed E-state index contributed by atoms with van der Waals surface area (Å²) in [7, 11) is 1.65. The van der Waals surface area contributed by atoms with E-state index in [1.807, 2.05) is 0 Å². The Kier molecular flexibility index (Phi) is 4.30. The molecule has 27 heavy (non-hydrogen) atoms. The largest absolute Gasteiger partial charge is 0.477 e. The molecular weight excluding hydrogens is 349 g/mol. The third kappa shape index (κ3) is 3.03. The first-order valence-electron chi connectivity index (χ1n) is 9.07. The number of hydrogen-bond donors (Lipinski definition) is 1. The first-order chi connectivity index (χ1) is 13.0. The minimum absolute atomic E-state index is 0.173. The zero-order valence-corrected chi connectivity index (χ0v) is 15.0. The van der Waals surface area contributed by atoms with E-state index in [9.17, 15) is 19.1 Å². The predicted molar refractivity (Wildman–Crippen MR) is 102 cm³/mol. The molecule has 1 fully saturated rings. The predicted octanol–water partition coefficient (Wildman–Crippen LogP) is 3.30. The second-order valence-electron chi connectivity index (χ2n) is 7.05. The Labute approximate surface area is 154 Å². The van der Waals surface area contributed by atoms with E-state index in [1.54, 1.807) is 13.1 Å². The molecule has 4 rings (SSSR count). The van der Waals surface area contributed by atoms with Gasteiger partial charge in [-0.05, 0) is 31.0 Å². The van der Waals surface area contributed by atoms with E-state index in [0.29, 0.717) is 22.2 Å². The number of carboxylic acid groups (broad SMARTS) is 1. The molecular formula is C20H20FN3O3. The summed E-state index contributed by atoms with van der Waals surface area (Å²) in [6.45, 7) is 1.63. The van der Waals surface area contributed by atoms with Gasteiger partial charge in [-0.25, -0.2) is 14.2 Å². The van der Waals surface area contributed by atoms with Crippen LogP contribution in [0.1, 0.15) is 36.0 Å². The molecule has 0 aliphatic carbocycles. The number of aryl methyl sites for hydroxylation is 1. The third-order valence-electron chi connectivity index (χ3n) is 5.19. The molecule has 0 atom stereocenters. The number of carbonyl (C=O) groups is 1. The Balaban J connectivity index is 1.93. The van der Waals surface area contributed by atoms with Gasteiger partial charge in [0.25, 0.3) is 0 Å². The summed E-state index contributed by atoms with van der Waals surface area (Å²) in [5.41, 5.74) is 0.561. The van der Waals surface area contributed by atoms with Gasteiger partial charge in [-0.2, -0.15) is 0 Å². The molecule has 0 saturated carbocycles. The molecule has 1 aliphatic heterocycles. The van der Waals surface area contributed by atoms with Gasteiger partial charge in [-0.3, -0.25) is 4.79 Å². The number of carboxylic acids is 1. The summed E-state index contributed by atoms with van der Waals surface area (Å²) in [6.07, 6.45) is 5.65. The SMILES string of the molecule is Cn1cc(C(=O)O)c(=O)c2cc3cc(F)c(N4CCCCCC4)cc3nc21. The Bertz CT molecular complexity index is 1120. The number of rotatable bonds is 2. The van der Waals surface area contributed by atoms with E-state index in [2.05, 4.69) is 9.88 Å². The molecule has 1 aromatic carbocycles. The van der Waals surface area contributed by atoms with Crippen LogP contribution in [0, 0.1) is 5.82 Å². The molecule has 6 nitrogen and oxygen atoms in total. The van der Waals surface area contributed by atoms with Crippen LogP contribution in [0.25, 0.3) is 21.9 Å². The molecule has 1 saturated heterocycles. The maximum atomic E-state index is 14.8. The van der Waals surface area contributed by atoms with Gasteiger partial charge in [-0.15, -0.1) is 0 Å². The van der Waals surface area contributed by atoms with E-state index in [0.717, 1.165) is 38.8 Å². The highest BCUT2D eigenvalue weighted by molar-refractivity contribution is 5.96. The van der Waals surface area contributed by atoms with Crippen molar-refractivity contribution in [2.24, 2.45) is 7.05 Å². The van der Waals surface area contributed by atoms with Crippen molar-refractivity contribution in [3.05, 3.63) is 46.0 Å². The van der Waals surface area contributed by atoms with Crippen LogP contribution in [0.5, 0.6) is 0 Å². The van der Waals surface area contributed by atoms with Crippen LogP contribution in [0.4, 0.5) is 10.1 Å². The number of aromatic carboxylic acids is 1. The van der Waals surface area contributed by atoms with Gasteiger partial charge >= 0.3 is 5.97 Å². The molecule has 0 radical (unpaired) electrons. The van der Waals surface area contributed by atoms with E-state index in [1.165, 1.54) is 22.9 Å². The van der Waals surface area contributed by atoms with E-state index in [4.69, 9.17) is 0 Å². The Morgan fingerprint density at radius 3 is 2.52 bits per heavy atom. The first-order valence-corrected chi connectivity index (χ1v) is 9.07.